The maximum atomic E-state index is 14.1. The van der Waals surface area contributed by atoms with Crippen LogP contribution in [0.25, 0.3) is 0 Å². The van der Waals surface area contributed by atoms with E-state index < -0.39 is 35.7 Å². The van der Waals surface area contributed by atoms with Gasteiger partial charge in [-0.3, -0.25) is 14.6 Å². The molecule has 150 valence electrons. The number of ether oxygens (including phenoxy) is 1. The monoisotopic (exact) mass is 396 g/mol. The van der Waals surface area contributed by atoms with Crippen LogP contribution in [-0.4, -0.2) is 36.6 Å². The fourth-order valence-corrected chi connectivity index (χ4v) is 2.79. The molecule has 1 amide bonds. The van der Waals surface area contributed by atoms with Crippen molar-refractivity contribution in [1.29, 1.82) is 0 Å². The molecule has 1 saturated carbocycles. The van der Waals surface area contributed by atoms with Crippen LogP contribution in [0.4, 0.5) is 19.1 Å². The Morgan fingerprint density at radius 1 is 1.32 bits per heavy atom. The number of benzene rings is 1. The zero-order valence-corrected chi connectivity index (χ0v) is 15.2. The summed E-state index contributed by atoms with van der Waals surface area (Å²) >= 11 is 0. The van der Waals surface area contributed by atoms with Crippen LogP contribution >= 0.6 is 0 Å². The number of aromatic amines is 1. The number of nitrogens with one attached hydrogen (secondary N) is 2. The summed E-state index contributed by atoms with van der Waals surface area (Å²) in [6.45, 7) is -3.13. The predicted octanol–water partition coefficient (Wildman–Crippen LogP) is 2.46. The highest BCUT2D eigenvalue weighted by atomic mass is 19.3. The van der Waals surface area contributed by atoms with Crippen LogP contribution in [0.2, 0.25) is 0 Å². The highest BCUT2D eigenvalue weighted by Crippen LogP contribution is 2.41. The lowest BCUT2D eigenvalue weighted by Gasteiger charge is -2.20. The van der Waals surface area contributed by atoms with Gasteiger partial charge in [0.2, 0.25) is 5.95 Å². The Bertz CT molecular complexity index is 929. The maximum absolute atomic E-state index is 14.1. The summed E-state index contributed by atoms with van der Waals surface area (Å²) in [6.07, 6.45) is 1.65. The standard InChI is InChI=1S/C18H19F3N4O3/c1-25(2)18-22-12(8-14(26)23-18)16(27)24-15(9-3-4-9)10-5-6-13(11(19)7-10)28-17(20)21/h5-9,15,17H,3-4H2,1-2H3,(H,24,27)(H,22,23,26)/t15-/m1/s1. The van der Waals surface area contributed by atoms with Crippen molar-refractivity contribution < 1.29 is 22.7 Å². The quantitative estimate of drug-likeness (QED) is 0.751. The Kier molecular flexibility index (Phi) is 5.57. The molecule has 1 heterocycles. The van der Waals surface area contributed by atoms with E-state index in [1.165, 1.54) is 6.07 Å². The van der Waals surface area contributed by atoms with Gasteiger partial charge >= 0.3 is 6.61 Å². The van der Waals surface area contributed by atoms with Crippen LogP contribution in [0, 0.1) is 11.7 Å². The number of anilines is 1. The Balaban J connectivity index is 1.83. The van der Waals surface area contributed by atoms with Crippen molar-refractivity contribution in [2.75, 3.05) is 19.0 Å². The second kappa shape index (κ2) is 7.91. The Hall–Kier alpha value is -3.04. The van der Waals surface area contributed by atoms with Crippen molar-refractivity contribution in [2.45, 2.75) is 25.5 Å². The van der Waals surface area contributed by atoms with Gasteiger partial charge in [-0.15, -0.1) is 0 Å². The van der Waals surface area contributed by atoms with Crippen molar-refractivity contribution in [3.05, 3.63) is 51.7 Å². The minimum Gasteiger partial charge on any atom is -0.432 e. The smallest absolute Gasteiger partial charge is 0.387 e. The molecule has 10 heteroatoms. The first-order chi connectivity index (χ1) is 13.2. The SMILES string of the molecule is CN(C)c1nc(C(=O)N[C@@H](c2ccc(OC(F)F)c(F)c2)C2CC2)cc(=O)[nH]1. The summed E-state index contributed by atoms with van der Waals surface area (Å²) in [4.78, 5) is 32.5. The molecule has 0 unspecified atom stereocenters. The van der Waals surface area contributed by atoms with Crippen molar-refractivity contribution in [1.82, 2.24) is 15.3 Å². The van der Waals surface area contributed by atoms with E-state index in [0.29, 0.717) is 5.56 Å². The van der Waals surface area contributed by atoms with Gasteiger partial charge < -0.3 is 15.0 Å². The lowest BCUT2D eigenvalue weighted by Crippen LogP contribution is -2.32. The summed E-state index contributed by atoms with van der Waals surface area (Å²) in [5.41, 5.74) is -0.129. The second-order valence-corrected chi connectivity index (χ2v) is 6.71. The minimum absolute atomic E-state index is 0.0729. The van der Waals surface area contributed by atoms with Gasteiger partial charge in [0.25, 0.3) is 11.5 Å². The van der Waals surface area contributed by atoms with Gasteiger partial charge in [-0.1, -0.05) is 6.07 Å². The number of nitrogens with zero attached hydrogens (tertiary/aromatic N) is 2. The highest BCUT2D eigenvalue weighted by Gasteiger charge is 2.34. The molecule has 0 saturated heterocycles. The molecule has 2 aromatic rings. The lowest BCUT2D eigenvalue weighted by molar-refractivity contribution is -0.0522. The molecule has 1 fully saturated rings. The van der Waals surface area contributed by atoms with Gasteiger partial charge in [-0.2, -0.15) is 8.78 Å². The van der Waals surface area contributed by atoms with E-state index in [-0.39, 0.29) is 17.6 Å². The van der Waals surface area contributed by atoms with Crippen molar-refractivity contribution in [2.24, 2.45) is 5.92 Å². The molecule has 1 atom stereocenters. The van der Waals surface area contributed by atoms with E-state index >= 15 is 0 Å². The molecule has 0 aliphatic heterocycles. The third-order valence-electron chi connectivity index (χ3n) is 4.30. The highest BCUT2D eigenvalue weighted by molar-refractivity contribution is 5.92. The number of alkyl halides is 2. The van der Waals surface area contributed by atoms with Gasteiger partial charge in [0.1, 0.15) is 5.69 Å². The summed E-state index contributed by atoms with van der Waals surface area (Å²) in [6, 6.07) is 4.14. The molecule has 0 radical (unpaired) electrons. The topological polar surface area (TPSA) is 87.3 Å². The predicted molar refractivity (Wildman–Crippen MR) is 95.1 cm³/mol. The number of H-pyrrole nitrogens is 1. The van der Waals surface area contributed by atoms with E-state index in [0.717, 1.165) is 31.0 Å². The number of carbonyl (C=O) groups excluding carboxylic acids is 1. The van der Waals surface area contributed by atoms with Gasteiger partial charge in [0.05, 0.1) is 6.04 Å². The molecule has 1 aromatic carbocycles. The molecule has 7 nitrogen and oxygen atoms in total. The molecule has 0 spiro atoms. The first-order valence-corrected chi connectivity index (χ1v) is 8.58. The van der Waals surface area contributed by atoms with Crippen molar-refractivity contribution in [3.63, 3.8) is 0 Å². The Morgan fingerprint density at radius 2 is 2.04 bits per heavy atom. The van der Waals surface area contributed by atoms with Crippen LogP contribution in [0.15, 0.2) is 29.1 Å². The largest absolute Gasteiger partial charge is 0.432 e. The molecule has 2 N–H and O–H groups in total. The number of amides is 1. The van der Waals surface area contributed by atoms with Crippen LogP contribution in [0.5, 0.6) is 5.75 Å². The summed E-state index contributed by atoms with van der Waals surface area (Å²) in [7, 11) is 3.33. The molecule has 3 rings (SSSR count). The van der Waals surface area contributed by atoms with E-state index in [1.54, 1.807) is 19.0 Å². The second-order valence-electron chi connectivity index (χ2n) is 6.71. The average molecular weight is 396 g/mol. The third kappa shape index (κ3) is 4.62. The fourth-order valence-electron chi connectivity index (χ4n) is 2.79. The first kappa shape index (κ1) is 19.7. The maximum Gasteiger partial charge on any atom is 0.387 e. The third-order valence-corrected chi connectivity index (χ3v) is 4.30. The number of hydrogen-bond acceptors (Lipinski definition) is 5. The Morgan fingerprint density at radius 3 is 2.61 bits per heavy atom. The van der Waals surface area contributed by atoms with E-state index in [2.05, 4.69) is 20.0 Å². The summed E-state index contributed by atoms with van der Waals surface area (Å²) in [5.74, 6) is -1.78. The Labute approximate surface area is 158 Å². The van der Waals surface area contributed by atoms with E-state index in [4.69, 9.17) is 0 Å². The van der Waals surface area contributed by atoms with Crippen LogP contribution < -0.4 is 20.5 Å². The molecule has 0 bridgehead atoms. The number of carbonyl (C=O) groups is 1. The van der Waals surface area contributed by atoms with E-state index in [1.807, 2.05) is 0 Å². The molecule has 1 aliphatic rings. The van der Waals surface area contributed by atoms with Crippen molar-refractivity contribution >= 4 is 11.9 Å². The molecular formula is C18H19F3N4O3. The average Bonchev–Trinajstić information content (AvgIpc) is 3.45. The summed E-state index contributed by atoms with van der Waals surface area (Å²) in [5, 5.41) is 2.76. The summed E-state index contributed by atoms with van der Waals surface area (Å²) < 4.78 is 42.8. The van der Waals surface area contributed by atoms with Gasteiger partial charge in [-0.05, 0) is 36.5 Å². The fraction of sp³-hybridized carbons (Fsp3) is 0.389. The minimum atomic E-state index is -3.13. The zero-order chi connectivity index (χ0) is 20.4. The van der Waals surface area contributed by atoms with Crippen molar-refractivity contribution in [3.8, 4) is 5.75 Å². The van der Waals surface area contributed by atoms with Gasteiger partial charge in [0, 0.05) is 20.2 Å². The molecule has 1 aliphatic carbocycles. The number of rotatable bonds is 7. The van der Waals surface area contributed by atoms with Gasteiger partial charge in [-0.25, -0.2) is 9.37 Å². The van der Waals surface area contributed by atoms with E-state index in [9.17, 15) is 22.8 Å². The molecular weight excluding hydrogens is 377 g/mol. The van der Waals surface area contributed by atoms with Gasteiger partial charge in [0.15, 0.2) is 11.6 Å². The van der Waals surface area contributed by atoms with Crippen LogP contribution in [0.3, 0.4) is 0 Å². The normalized spacial score (nSPS) is 14.6. The number of aromatic nitrogens is 2. The molecule has 1 aromatic heterocycles. The molecule has 28 heavy (non-hydrogen) atoms. The lowest BCUT2D eigenvalue weighted by atomic mass is 10.0. The first-order valence-electron chi connectivity index (χ1n) is 8.58. The number of halogens is 3. The number of hydrogen-bond donors (Lipinski definition) is 2. The zero-order valence-electron chi connectivity index (χ0n) is 15.2. The van der Waals surface area contributed by atoms with Crippen LogP contribution in [-0.2, 0) is 0 Å². The van der Waals surface area contributed by atoms with Crippen LogP contribution in [0.1, 0.15) is 34.9 Å².